The molecule has 0 unspecified atom stereocenters. The van der Waals surface area contributed by atoms with Crippen molar-refractivity contribution in [2.75, 3.05) is 39.1 Å². The Balaban J connectivity index is 1.53. The third-order valence-corrected chi connectivity index (χ3v) is 6.94. The summed E-state index contributed by atoms with van der Waals surface area (Å²) < 4.78 is 31.7. The van der Waals surface area contributed by atoms with Crippen LogP contribution < -0.4 is 15.4 Å². The Labute approximate surface area is 192 Å². The lowest BCUT2D eigenvalue weighted by Gasteiger charge is -2.18. The first-order chi connectivity index (χ1) is 15.2. The molecule has 8 nitrogen and oxygen atoms in total. The van der Waals surface area contributed by atoms with Crippen molar-refractivity contribution in [1.82, 2.24) is 14.6 Å². The number of hydrogen-bond donors (Lipinski definition) is 2. The Morgan fingerprint density at radius 1 is 1.16 bits per heavy atom. The number of benzene rings is 2. The predicted molar refractivity (Wildman–Crippen MR) is 126 cm³/mol. The van der Waals surface area contributed by atoms with Crippen LogP contribution in [0.5, 0.6) is 5.75 Å². The number of amides is 1. The van der Waals surface area contributed by atoms with Crippen molar-refractivity contribution in [3.05, 3.63) is 59.2 Å². The van der Waals surface area contributed by atoms with Crippen LogP contribution >= 0.6 is 11.6 Å². The predicted octanol–water partition coefficient (Wildman–Crippen LogP) is 3.05. The van der Waals surface area contributed by atoms with Crippen molar-refractivity contribution in [2.24, 2.45) is 0 Å². The molecule has 170 valence electrons. The molecular formula is C22H25ClN4O4S. The van der Waals surface area contributed by atoms with Gasteiger partial charge in [-0.15, -0.1) is 0 Å². The average Bonchev–Trinajstić information content (AvgIpc) is 2.76. The van der Waals surface area contributed by atoms with Crippen LogP contribution in [0.2, 0.25) is 5.02 Å². The summed E-state index contributed by atoms with van der Waals surface area (Å²) in [6, 6.07) is 11.9. The van der Waals surface area contributed by atoms with Crippen molar-refractivity contribution >= 4 is 44.1 Å². The van der Waals surface area contributed by atoms with Gasteiger partial charge in [0.05, 0.1) is 24.1 Å². The van der Waals surface area contributed by atoms with Crippen LogP contribution in [0.3, 0.4) is 0 Å². The van der Waals surface area contributed by atoms with Crippen LogP contribution in [0.15, 0.2) is 53.6 Å². The maximum atomic E-state index is 12.8. The van der Waals surface area contributed by atoms with Crippen molar-refractivity contribution in [3.63, 3.8) is 0 Å². The number of likely N-dealkylation sites (N-methyl/N-ethyl adjacent to an activating group) is 1. The third-order valence-electron chi connectivity index (χ3n) is 4.91. The summed E-state index contributed by atoms with van der Waals surface area (Å²) in [5, 5.41) is 7.51. The lowest BCUT2D eigenvalue weighted by atomic mass is 10.2. The number of carbonyl (C=O) groups is 1. The van der Waals surface area contributed by atoms with Crippen LogP contribution in [0.4, 0.5) is 5.69 Å². The Hall–Kier alpha value is -2.88. The molecule has 2 N–H and O–H groups in total. The minimum absolute atomic E-state index is 0.109. The van der Waals surface area contributed by atoms with Gasteiger partial charge in [0, 0.05) is 42.4 Å². The van der Waals surface area contributed by atoms with Gasteiger partial charge >= 0.3 is 0 Å². The van der Waals surface area contributed by atoms with Gasteiger partial charge in [-0.05, 0) is 55.0 Å². The van der Waals surface area contributed by atoms with Gasteiger partial charge in [-0.1, -0.05) is 11.6 Å². The summed E-state index contributed by atoms with van der Waals surface area (Å²) in [5.74, 6) is 0.205. The number of aromatic nitrogens is 1. The molecule has 1 amide bonds. The van der Waals surface area contributed by atoms with Crippen LogP contribution in [-0.4, -0.2) is 57.4 Å². The molecule has 1 aromatic heterocycles. The van der Waals surface area contributed by atoms with Crippen molar-refractivity contribution in [3.8, 4) is 5.75 Å². The molecule has 0 fully saturated rings. The Morgan fingerprint density at radius 2 is 1.94 bits per heavy atom. The molecule has 0 bridgehead atoms. The van der Waals surface area contributed by atoms with Gasteiger partial charge in [0.2, 0.25) is 15.9 Å². The zero-order chi connectivity index (χ0) is 23.3. The molecule has 0 saturated carbocycles. The molecule has 0 spiro atoms. The number of carbonyl (C=O) groups excluding carboxylic acids is 1. The van der Waals surface area contributed by atoms with Gasteiger partial charge in [0.25, 0.3) is 0 Å². The number of nitrogens with zero attached hydrogens (tertiary/aromatic N) is 2. The summed E-state index contributed by atoms with van der Waals surface area (Å²) in [4.78, 5) is 16.7. The van der Waals surface area contributed by atoms with E-state index in [2.05, 4.69) is 15.6 Å². The van der Waals surface area contributed by atoms with Crippen LogP contribution in [0, 0.1) is 6.92 Å². The molecular weight excluding hydrogens is 452 g/mol. The van der Waals surface area contributed by atoms with E-state index < -0.39 is 15.9 Å². The minimum atomic E-state index is -3.80. The number of pyridine rings is 1. The standard InChI is InChI=1S/C22H25ClN4O4S/c1-15-12-17(5-7-21(15)31-3)32(29,30)27(2)14-22(28)26-11-10-25-19-8-9-24-20-13-16(23)4-6-18(19)20/h4-9,12-13H,10-11,14H2,1-3H3,(H,24,25)(H,26,28). The van der Waals surface area contributed by atoms with Gasteiger partial charge < -0.3 is 15.4 Å². The molecule has 32 heavy (non-hydrogen) atoms. The van der Waals surface area contributed by atoms with Gasteiger partial charge in [-0.25, -0.2) is 8.42 Å². The second-order valence-electron chi connectivity index (χ2n) is 7.19. The Kier molecular flexibility index (Phi) is 7.55. The Bertz CT molecular complexity index is 1230. The second-order valence-corrected chi connectivity index (χ2v) is 9.67. The fourth-order valence-corrected chi connectivity index (χ4v) is 4.59. The summed E-state index contributed by atoms with van der Waals surface area (Å²) in [5.41, 5.74) is 2.34. The second kappa shape index (κ2) is 10.2. The number of aryl methyl sites for hydroxylation is 1. The van der Waals surface area contributed by atoms with Gasteiger partial charge in [0.15, 0.2) is 0 Å². The number of halogens is 1. The van der Waals surface area contributed by atoms with Crippen LogP contribution in [0.25, 0.3) is 10.9 Å². The molecule has 0 radical (unpaired) electrons. The number of anilines is 1. The molecule has 1 heterocycles. The first-order valence-electron chi connectivity index (χ1n) is 9.88. The van der Waals surface area contributed by atoms with E-state index in [1.165, 1.54) is 26.3 Å². The topological polar surface area (TPSA) is 101 Å². The molecule has 0 aliphatic rings. The molecule has 0 saturated heterocycles. The lowest BCUT2D eigenvalue weighted by molar-refractivity contribution is -0.121. The molecule has 0 aliphatic carbocycles. The number of sulfonamides is 1. The van der Waals surface area contributed by atoms with Gasteiger partial charge in [0.1, 0.15) is 5.75 Å². The van der Waals surface area contributed by atoms with E-state index in [1.54, 1.807) is 31.3 Å². The van der Waals surface area contributed by atoms with E-state index in [0.717, 1.165) is 20.9 Å². The van der Waals surface area contributed by atoms with Crippen LogP contribution in [-0.2, 0) is 14.8 Å². The molecule has 2 aromatic carbocycles. The third kappa shape index (κ3) is 5.48. The average molecular weight is 477 g/mol. The van der Waals surface area contributed by atoms with Gasteiger partial charge in [-0.2, -0.15) is 4.31 Å². The first kappa shape index (κ1) is 23.8. The lowest BCUT2D eigenvalue weighted by Crippen LogP contribution is -2.39. The first-order valence-corrected chi connectivity index (χ1v) is 11.7. The smallest absolute Gasteiger partial charge is 0.243 e. The highest BCUT2D eigenvalue weighted by Crippen LogP contribution is 2.24. The highest BCUT2D eigenvalue weighted by molar-refractivity contribution is 7.89. The van der Waals surface area contributed by atoms with Crippen molar-refractivity contribution in [1.29, 1.82) is 0 Å². The Morgan fingerprint density at radius 3 is 2.66 bits per heavy atom. The van der Waals surface area contributed by atoms with Crippen molar-refractivity contribution < 1.29 is 17.9 Å². The number of hydrogen-bond acceptors (Lipinski definition) is 6. The quantitative estimate of drug-likeness (QED) is 0.460. The number of rotatable bonds is 9. The van der Waals surface area contributed by atoms with E-state index >= 15 is 0 Å². The van der Waals surface area contributed by atoms with E-state index in [9.17, 15) is 13.2 Å². The monoisotopic (exact) mass is 476 g/mol. The molecule has 3 aromatic rings. The maximum absolute atomic E-state index is 12.8. The summed E-state index contributed by atoms with van der Waals surface area (Å²) in [6.45, 7) is 2.26. The van der Waals surface area contributed by atoms with E-state index in [0.29, 0.717) is 29.4 Å². The fourth-order valence-electron chi connectivity index (χ4n) is 3.21. The summed E-state index contributed by atoms with van der Waals surface area (Å²) >= 11 is 6.01. The van der Waals surface area contributed by atoms with Gasteiger partial charge in [-0.3, -0.25) is 9.78 Å². The highest BCUT2D eigenvalue weighted by Gasteiger charge is 2.23. The molecule has 0 aliphatic heterocycles. The SMILES string of the molecule is COc1ccc(S(=O)(=O)N(C)CC(=O)NCCNc2ccnc3cc(Cl)ccc23)cc1C. The summed E-state index contributed by atoms with van der Waals surface area (Å²) in [7, 11) is -0.901. The maximum Gasteiger partial charge on any atom is 0.243 e. The van der Waals surface area contributed by atoms with E-state index in [-0.39, 0.29) is 11.4 Å². The minimum Gasteiger partial charge on any atom is -0.496 e. The van der Waals surface area contributed by atoms with E-state index in [4.69, 9.17) is 16.3 Å². The zero-order valence-corrected chi connectivity index (χ0v) is 19.6. The largest absolute Gasteiger partial charge is 0.496 e. The molecule has 0 atom stereocenters. The summed E-state index contributed by atoms with van der Waals surface area (Å²) in [6.07, 6.45) is 1.68. The normalized spacial score (nSPS) is 11.5. The number of methoxy groups -OCH3 is 1. The zero-order valence-electron chi connectivity index (χ0n) is 18.1. The number of ether oxygens (including phenoxy) is 1. The van der Waals surface area contributed by atoms with Crippen molar-refractivity contribution in [2.45, 2.75) is 11.8 Å². The number of nitrogens with one attached hydrogen (secondary N) is 2. The molecule has 10 heteroatoms. The van der Waals surface area contributed by atoms with E-state index in [1.807, 2.05) is 12.1 Å². The number of fused-ring (bicyclic) bond motifs is 1. The highest BCUT2D eigenvalue weighted by atomic mass is 35.5. The molecule has 3 rings (SSSR count). The van der Waals surface area contributed by atoms with Crippen LogP contribution in [0.1, 0.15) is 5.56 Å². The fraction of sp³-hybridized carbons (Fsp3) is 0.273.